The van der Waals surface area contributed by atoms with E-state index in [1.807, 2.05) is 6.92 Å². The third kappa shape index (κ3) is 5.93. The Balaban J connectivity index is 2.18. The number of carboxylic acids is 1. The molecule has 1 saturated heterocycles. The van der Waals surface area contributed by atoms with Crippen molar-refractivity contribution < 1.29 is 14.7 Å². The number of carbonyl (C=O) groups excluding carboxylic acids is 1. The lowest BCUT2D eigenvalue weighted by Gasteiger charge is -2.24. The number of aliphatic carboxylic acids is 1. The normalized spacial score (nSPS) is 21.8. The lowest BCUT2D eigenvalue weighted by molar-refractivity contribution is -0.137. The van der Waals surface area contributed by atoms with Gasteiger partial charge in [0.05, 0.1) is 6.04 Å². The lowest BCUT2D eigenvalue weighted by atomic mass is 10.1. The van der Waals surface area contributed by atoms with Gasteiger partial charge in [0.1, 0.15) is 0 Å². The molecule has 0 aromatic carbocycles. The lowest BCUT2D eigenvalue weighted by Crippen LogP contribution is -2.50. The standard InChI is InChI=1S/C11H20N2O3S/c1-8(3-2-4-10(14)15)13-11(16)9-7-17-6-5-12-9/h8-9,12H,2-7H2,1H3,(H,13,16)(H,14,15). The van der Waals surface area contributed by atoms with Gasteiger partial charge in [-0.2, -0.15) is 11.8 Å². The molecule has 0 bridgehead atoms. The Hall–Kier alpha value is -0.750. The zero-order chi connectivity index (χ0) is 12.7. The van der Waals surface area contributed by atoms with E-state index in [4.69, 9.17) is 5.11 Å². The molecule has 0 aliphatic carbocycles. The Labute approximate surface area is 106 Å². The SMILES string of the molecule is CC(CCCC(=O)O)NC(=O)C1CSCCN1. The first-order valence-corrected chi connectivity index (χ1v) is 7.08. The summed E-state index contributed by atoms with van der Waals surface area (Å²) in [5.74, 6) is 1.11. The summed E-state index contributed by atoms with van der Waals surface area (Å²) in [6, 6.07) is -0.0637. The monoisotopic (exact) mass is 260 g/mol. The second-order valence-corrected chi connectivity index (χ2v) is 5.43. The molecule has 1 heterocycles. The molecule has 1 fully saturated rings. The Kier molecular flexibility index (Phi) is 6.36. The fourth-order valence-electron chi connectivity index (χ4n) is 1.71. The van der Waals surface area contributed by atoms with E-state index in [2.05, 4.69) is 10.6 Å². The molecule has 1 aliphatic rings. The molecule has 1 amide bonds. The van der Waals surface area contributed by atoms with Crippen molar-refractivity contribution in [3.63, 3.8) is 0 Å². The maximum Gasteiger partial charge on any atom is 0.303 e. The average molecular weight is 260 g/mol. The molecule has 2 atom stereocenters. The molecule has 1 rings (SSSR count). The van der Waals surface area contributed by atoms with Gasteiger partial charge in [-0.3, -0.25) is 9.59 Å². The molecule has 0 saturated carbocycles. The van der Waals surface area contributed by atoms with E-state index >= 15 is 0 Å². The first-order valence-electron chi connectivity index (χ1n) is 5.93. The minimum absolute atomic E-state index is 0.0278. The van der Waals surface area contributed by atoms with E-state index in [0.717, 1.165) is 18.1 Å². The number of hydrogen-bond donors (Lipinski definition) is 3. The second-order valence-electron chi connectivity index (χ2n) is 4.28. The highest BCUT2D eigenvalue weighted by molar-refractivity contribution is 7.99. The highest BCUT2D eigenvalue weighted by Crippen LogP contribution is 2.08. The molecule has 98 valence electrons. The molecule has 0 aromatic rings. The summed E-state index contributed by atoms with van der Waals surface area (Å²) in [6.45, 7) is 2.78. The fourth-order valence-corrected chi connectivity index (χ4v) is 2.64. The molecular weight excluding hydrogens is 240 g/mol. The van der Waals surface area contributed by atoms with Crippen LogP contribution in [0.25, 0.3) is 0 Å². The van der Waals surface area contributed by atoms with Crippen LogP contribution in [0.2, 0.25) is 0 Å². The molecule has 6 heteroatoms. The van der Waals surface area contributed by atoms with Crippen LogP contribution in [-0.2, 0) is 9.59 Å². The van der Waals surface area contributed by atoms with Crippen molar-refractivity contribution in [1.82, 2.24) is 10.6 Å². The maximum absolute atomic E-state index is 11.8. The molecule has 2 unspecified atom stereocenters. The third-order valence-electron chi connectivity index (χ3n) is 2.65. The van der Waals surface area contributed by atoms with E-state index in [-0.39, 0.29) is 24.4 Å². The molecular formula is C11H20N2O3S. The summed E-state index contributed by atoms with van der Waals surface area (Å²) in [6.07, 6.45) is 1.47. The highest BCUT2D eigenvalue weighted by atomic mass is 32.2. The van der Waals surface area contributed by atoms with E-state index in [0.29, 0.717) is 12.8 Å². The minimum Gasteiger partial charge on any atom is -0.481 e. The van der Waals surface area contributed by atoms with Gasteiger partial charge in [-0.05, 0) is 19.8 Å². The van der Waals surface area contributed by atoms with Crippen LogP contribution >= 0.6 is 11.8 Å². The summed E-state index contributed by atoms with van der Waals surface area (Å²) in [5, 5.41) is 14.6. The molecule has 5 nitrogen and oxygen atoms in total. The van der Waals surface area contributed by atoms with Gasteiger partial charge in [-0.25, -0.2) is 0 Å². The van der Waals surface area contributed by atoms with Crippen molar-refractivity contribution in [3.8, 4) is 0 Å². The number of amides is 1. The van der Waals surface area contributed by atoms with Crippen molar-refractivity contribution in [3.05, 3.63) is 0 Å². The minimum atomic E-state index is -0.783. The summed E-state index contributed by atoms with van der Waals surface area (Å²) in [4.78, 5) is 22.2. The Morgan fingerprint density at radius 2 is 2.35 bits per heavy atom. The number of hydrogen-bond acceptors (Lipinski definition) is 4. The molecule has 3 N–H and O–H groups in total. The number of rotatable bonds is 6. The Bertz CT molecular complexity index is 267. The predicted octanol–water partition coefficient (Wildman–Crippen LogP) is 0.451. The van der Waals surface area contributed by atoms with Crippen molar-refractivity contribution >= 4 is 23.6 Å². The molecule has 0 aromatic heterocycles. The summed E-state index contributed by atoms with van der Waals surface area (Å²) in [7, 11) is 0. The van der Waals surface area contributed by atoms with Gasteiger partial charge in [0.2, 0.25) is 5.91 Å². The molecule has 17 heavy (non-hydrogen) atoms. The molecule has 1 aliphatic heterocycles. The van der Waals surface area contributed by atoms with Gasteiger partial charge in [0.25, 0.3) is 0 Å². The fraction of sp³-hybridized carbons (Fsp3) is 0.818. The summed E-state index contributed by atoms with van der Waals surface area (Å²) < 4.78 is 0. The number of carboxylic acid groups (broad SMARTS) is 1. The third-order valence-corrected chi connectivity index (χ3v) is 3.72. The van der Waals surface area contributed by atoms with E-state index in [1.54, 1.807) is 11.8 Å². The quantitative estimate of drug-likeness (QED) is 0.646. The zero-order valence-corrected chi connectivity index (χ0v) is 10.9. The largest absolute Gasteiger partial charge is 0.481 e. The van der Waals surface area contributed by atoms with Gasteiger partial charge >= 0.3 is 5.97 Å². The van der Waals surface area contributed by atoms with Crippen LogP contribution in [0.15, 0.2) is 0 Å². The van der Waals surface area contributed by atoms with Crippen molar-refractivity contribution in [1.29, 1.82) is 0 Å². The summed E-state index contributed by atoms with van der Waals surface area (Å²) >= 11 is 1.78. The van der Waals surface area contributed by atoms with Crippen LogP contribution in [0.1, 0.15) is 26.2 Å². The second kappa shape index (κ2) is 7.55. The number of nitrogens with one attached hydrogen (secondary N) is 2. The summed E-state index contributed by atoms with van der Waals surface area (Å²) in [5.41, 5.74) is 0. The van der Waals surface area contributed by atoms with Crippen molar-refractivity contribution in [2.75, 3.05) is 18.1 Å². The van der Waals surface area contributed by atoms with Gasteiger partial charge in [-0.15, -0.1) is 0 Å². The van der Waals surface area contributed by atoms with E-state index in [1.165, 1.54) is 0 Å². The van der Waals surface area contributed by atoms with Gasteiger partial charge in [-0.1, -0.05) is 0 Å². The van der Waals surface area contributed by atoms with Crippen LogP contribution in [0, 0.1) is 0 Å². The number of thioether (sulfide) groups is 1. The molecule has 0 radical (unpaired) electrons. The average Bonchev–Trinajstić information content (AvgIpc) is 2.29. The van der Waals surface area contributed by atoms with Gasteiger partial charge in [0, 0.05) is 30.5 Å². The van der Waals surface area contributed by atoms with Crippen LogP contribution < -0.4 is 10.6 Å². The van der Waals surface area contributed by atoms with Crippen LogP contribution in [0.4, 0.5) is 0 Å². The highest BCUT2D eigenvalue weighted by Gasteiger charge is 2.21. The smallest absolute Gasteiger partial charge is 0.303 e. The van der Waals surface area contributed by atoms with Crippen molar-refractivity contribution in [2.24, 2.45) is 0 Å². The first kappa shape index (κ1) is 14.3. The van der Waals surface area contributed by atoms with E-state index < -0.39 is 5.97 Å². The maximum atomic E-state index is 11.8. The zero-order valence-electron chi connectivity index (χ0n) is 10.1. The first-order chi connectivity index (χ1) is 8.09. The Morgan fingerprint density at radius 1 is 1.59 bits per heavy atom. The van der Waals surface area contributed by atoms with Gasteiger partial charge in [0.15, 0.2) is 0 Å². The van der Waals surface area contributed by atoms with Gasteiger partial charge < -0.3 is 15.7 Å². The van der Waals surface area contributed by atoms with Crippen LogP contribution in [-0.4, -0.2) is 47.1 Å². The van der Waals surface area contributed by atoms with Crippen LogP contribution in [0.3, 0.4) is 0 Å². The topological polar surface area (TPSA) is 78.4 Å². The Morgan fingerprint density at radius 3 is 2.94 bits per heavy atom. The number of carbonyl (C=O) groups is 2. The predicted molar refractivity (Wildman–Crippen MR) is 68.2 cm³/mol. The molecule has 0 spiro atoms. The van der Waals surface area contributed by atoms with Crippen molar-refractivity contribution in [2.45, 2.75) is 38.3 Å². The van der Waals surface area contributed by atoms with Crippen LogP contribution in [0.5, 0.6) is 0 Å². The van der Waals surface area contributed by atoms with E-state index in [9.17, 15) is 9.59 Å².